The number of hydrogen-bond acceptors (Lipinski definition) is 4. The molecule has 7 nitrogen and oxygen atoms in total. The van der Waals surface area contributed by atoms with E-state index in [1.807, 2.05) is 37.4 Å². The Morgan fingerprint density at radius 2 is 1.87 bits per heavy atom. The number of aliphatic imine (C=N–C) groups is 1. The average Bonchev–Trinajstić information content (AvgIpc) is 3.10. The maximum absolute atomic E-state index is 5.35. The molecule has 1 fully saturated rings. The SMILES string of the molecule is CN=C(NCc1nc2ccccc2n1C)N1CCN(c2cccc(OC)c2)CC1.I. The molecule has 0 saturated carbocycles. The second-order valence-electron chi connectivity index (χ2n) is 7.15. The van der Waals surface area contributed by atoms with Gasteiger partial charge in [0.05, 0.1) is 24.7 Å². The summed E-state index contributed by atoms with van der Waals surface area (Å²) in [6, 6.07) is 16.5. The molecule has 2 aromatic carbocycles. The van der Waals surface area contributed by atoms with E-state index in [1.54, 1.807) is 7.11 Å². The van der Waals surface area contributed by atoms with Gasteiger partial charge in [-0.25, -0.2) is 4.98 Å². The molecule has 0 bridgehead atoms. The van der Waals surface area contributed by atoms with Crippen molar-refractivity contribution < 1.29 is 4.74 Å². The van der Waals surface area contributed by atoms with E-state index < -0.39 is 0 Å². The van der Waals surface area contributed by atoms with Gasteiger partial charge in [-0.1, -0.05) is 18.2 Å². The van der Waals surface area contributed by atoms with Crippen molar-refractivity contribution in [2.75, 3.05) is 45.2 Å². The first kappa shape index (κ1) is 22.2. The summed E-state index contributed by atoms with van der Waals surface area (Å²) in [4.78, 5) is 13.9. The van der Waals surface area contributed by atoms with Crippen LogP contribution in [0.3, 0.4) is 0 Å². The van der Waals surface area contributed by atoms with Gasteiger partial charge in [-0.15, -0.1) is 24.0 Å². The summed E-state index contributed by atoms with van der Waals surface area (Å²) < 4.78 is 7.49. The summed E-state index contributed by atoms with van der Waals surface area (Å²) in [5.74, 6) is 2.81. The molecule has 30 heavy (non-hydrogen) atoms. The fraction of sp³-hybridized carbons (Fsp3) is 0.364. The van der Waals surface area contributed by atoms with Crippen LogP contribution in [-0.4, -0.2) is 60.7 Å². The van der Waals surface area contributed by atoms with E-state index in [9.17, 15) is 0 Å². The molecule has 1 N–H and O–H groups in total. The van der Waals surface area contributed by atoms with Crippen LogP contribution in [0.1, 0.15) is 5.82 Å². The Kier molecular flexibility index (Phi) is 7.41. The minimum absolute atomic E-state index is 0. The zero-order valence-electron chi connectivity index (χ0n) is 17.7. The minimum atomic E-state index is 0. The number of hydrogen-bond donors (Lipinski definition) is 1. The van der Waals surface area contributed by atoms with Crippen LogP contribution in [-0.2, 0) is 13.6 Å². The number of nitrogens with one attached hydrogen (secondary N) is 1. The number of fused-ring (bicyclic) bond motifs is 1. The summed E-state index contributed by atoms with van der Waals surface area (Å²) in [5, 5.41) is 3.48. The van der Waals surface area contributed by atoms with Gasteiger partial charge < -0.3 is 24.4 Å². The van der Waals surface area contributed by atoms with E-state index >= 15 is 0 Å². The second kappa shape index (κ2) is 10.0. The van der Waals surface area contributed by atoms with Crippen LogP contribution < -0.4 is 15.0 Å². The molecule has 1 aromatic heterocycles. The van der Waals surface area contributed by atoms with Crippen LogP contribution in [0.25, 0.3) is 11.0 Å². The number of rotatable bonds is 4. The molecule has 1 aliphatic heterocycles. The maximum atomic E-state index is 5.35. The maximum Gasteiger partial charge on any atom is 0.194 e. The molecule has 1 aliphatic rings. The molecule has 0 unspecified atom stereocenters. The molecule has 0 spiro atoms. The van der Waals surface area contributed by atoms with Gasteiger partial charge in [0, 0.05) is 52.0 Å². The smallest absolute Gasteiger partial charge is 0.194 e. The molecule has 8 heteroatoms. The standard InChI is InChI=1S/C22H28N6O.HI/c1-23-22(24-16-21-25-19-9-4-5-10-20(19)26(21)2)28-13-11-27(12-14-28)17-7-6-8-18(15-17)29-3;/h4-10,15H,11-14,16H2,1-3H3,(H,23,24);1H. The number of guanidine groups is 1. The summed E-state index contributed by atoms with van der Waals surface area (Å²) in [6.07, 6.45) is 0. The molecular weight excluding hydrogens is 491 g/mol. The normalized spacial score (nSPS) is 14.6. The highest BCUT2D eigenvalue weighted by molar-refractivity contribution is 14.0. The molecule has 0 aliphatic carbocycles. The van der Waals surface area contributed by atoms with E-state index in [-0.39, 0.29) is 24.0 Å². The summed E-state index contributed by atoms with van der Waals surface area (Å²) in [7, 11) is 5.60. The lowest BCUT2D eigenvalue weighted by Crippen LogP contribution is -2.52. The predicted octanol–water partition coefficient (Wildman–Crippen LogP) is 3.10. The number of nitrogens with zero attached hydrogens (tertiary/aromatic N) is 5. The number of para-hydroxylation sites is 2. The number of methoxy groups -OCH3 is 1. The van der Waals surface area contributed by atoms with Crippen molar-refractivity contribution in [2.24, 2.45) is 12.0 Å². The fourth-order valence-corrected chi connectivity index (χ4v) is 3.83. The zero-order valence-corrected chi connectivity index (χ0v) is 20.0. The van der Waals surface area contributed by atoms with Gasteiger partial charge in [-0.3, -0.25) is 4.99 Å². The van der Waals surface area contributed by atoms with Crippen molar-refractivity contribution in [3.05, 3.63) is 54.4 Å². The lowest BCUT2D eigenvalue weighted by atomic mass is 10.2. The van der Waals surface area contributed by atoms with Crippen molar-refractivity contribution in [1.82, 2.24) is 19.8 Å². The minimum Gasteiger partial charge on any atom is -0.497 e. The van der Waals surface area contributed by atoms with Crippen molar-refractivity contribution in [1.29, 1.82) is 0 Å². The summed E-state index contributed by atoms with van der Waals surface area (Å²) in [5.41, 5.74) is 3.37. The van der Waals surface area contributed by atoms with Gasteiger partial charge >= 0.3 is 0 Å². The molecule has 1 saturated heterocycles. The van der Waals surface area contributed by atoms with E-state index in [0.717, 1.165) is 54.7 Å². The molecule has 3 aromatic rings. The Bertz CT molecular complexity index is 1010. The van der Waals surface area contributed by atoms with E-state index in [0.29, 0.717) is 6.54 Å². The molecular formula is C22H29IN6O. The molecule has 0 amide bonds. The van der Waals surface area contributed by atoms with Crippen LogP contribution in [0, 0.1) is 0 Å². The number of benzene rings is 2. The highest BCUT2D eigenvalue weighted by Crippen LogP contribution is 2.22. The third-order valence-corrected chi connectivity index (χ3v) is 5.49. The fourth-order valence-electron chi connectivity index (χ4n) is 3.83. The molecule has 0 atom stereocenters. The first-order valence-electron chi connectivity index (χ1n) is 9.94. The van der Waals surface area contributed by atoms with Crippen molar-refractivity contribution >= 4 is 46.7 Å². The Morgan fingerprint density at radius 3 is 2.57 bits per heavy atom. The summed E-state index contributed by atoms with van der Waals surface area (Å²) in [6.45, 7) is 4.37. The third-order valence-electron chi connectivity index (χ3n) is 5.49. The molecule has 160 valence electrons. The van der Waals surface area contributed by atoms with Crippen LogP contribution in [0.15, 0.2) is 53.5 Å². The van der Waals surface area contributed by atoms with Crippen molar-refractivity contribution in [2.45, 2.75) is 6.54 Å². The first-order valence-corrected chi connectivity index (χ1v) is 9.94. The molecule has 4 rings (SSSR count). The zero-order chi connectivity index (χ0) is 20.2. The Hall–Kier alpha value is -2.49. The number of aromatic nitrogens is 2. The number of ether oxygens (including phenoxy) is 1. The van der Waals surface area contributed by atoms with E-state index in [2.05, 4.69) is 49.9 Å². The monoisotopic (exact) mass is 520 g/mol. The Morgan fingerprint density at radius 1 is 1.10 bits per heavy atom. The first-order chi connectivity index (χ1) is 14.2. The van der Waals surface area contributed by atoms with Crippen molar-refractivity contribution in [3.8, 4) is 5.75 Å². The van der Waals surface area contributed by atoms with Crippen LogP contribution in [0.2, 0.25) is 0 Å². The lowest BCUT2D eigenvalue weighted by molar-refractivity contribution is 0.371. The highest BCUT2D eigenvalue weighted by atomic mass is 127. The lowest BCUT2D eigenvalue weighted by Gasteiger charge is -2.37. The number of imidazole rings is 1. The Labute approximate surface area is 194 Å². The summed E-state index contributed by atoms with van der Waals surface area (Å²) >= 11 is 0. The van der Waals surface area contributed by atoms with E-state index in [1.165, 1.54) is 5.69 Å². The quantitative estimate of drug-likeness (QED) is 0.326. The predicted molar refractivity (Wildman–Crippen MR) is 133 cm³/mol. The average molecular weight is 520 g/mol. The number of aryl methyl sites for hydroxylation is 1. The van der Waals surface area contributed by atoms with Gasteiger partial charge in [-0.2, -0.15) is 0 Å². The largest absolute Gasteiger partial charge is 0.497 e. The van der Waals surface area contributed by atoms with E-state index in [4.69, 9.17) is 9.72 Å². The van der Waals surface area contributed by atoms with Gasteiger partial charge in [0.1, 0.15) is 11.6 Å². The number of anilines is 1. The molecule has 2 heterocycles. The van der Waals surface area contributed by atoms with Crippen LogP contribution in [0.5, 0.6) is 5.75 Å². The highest BCUT2D eigenvalue weighted by Gasteiger charge is 2.20. The second-order valence-corrected chi connectivity index (χ2v) is 7.15. The van der Waals surface area contributed by atoms with Crippen LogP contribution in [0.4, 0.5) is 5.69 Å². The molecule has 0 radical (unpaired) electrons. The van der Waals surface area contributed by atoms with Gasteiger partial charge in [0.2, 0.25) is 0 Å². The van der Waals surface area contributed by atoms with Crippen molar-refractivity contribution in [3.63, 3.8) is 0 Å². The number of halogens is 1. The van der Waals surface area contributed by atoms with Gasteiger partial charge in [0.15, 0.2) is 5.96 Å². The van der Waals surface area contributed by atoms with Gasteiger partial charge in [-0.05, 0) is 24.3 Å². The topological polar surface area (TPSA) is 57.9 Å². The number of piperazine rings is 1. The van der Waals surface area contributed by atoms with Gasteiger partial charge in [0.25, 0.3) is 0 Å². The third kappa shape index (κ3) is 4.63. The van der Waals surface area contributed by atoms with Crippen LogP contribution >= 0.6 is 24.0 Å². The Balaban J connectivity index is 0.00000256.